The van der Waals surface area contributed by atoms with Gasteiger partial charge < -0.3 is 14.6 Å². The molecule has 0 radical (unpaired) electrons. The average Bonchev–Trinajstić information content (AvgIpc) is 3.04. The topological polar surface area (TPSA) is 39.1 Å². The van der Waals surface area contributed by atoms with Gasteiger partial charge >= 0.3 is 0 Å². The Labute approximate surface area is 122 Å². The van der Waals surface area contributed by atoms with E-state index < -0.39 is 0 Å². The highest BCUT2D eigenvalue weighted by molar-refractivity contribution is 4.98. The van der Waals surface area contributed by atoms with Gasteiger partial charge in [0.2, 0.25) is 0 Å². The number of imidazole rings is 1. The molecule has 0 aromatic carbocycles. The van der Waals surface area contributed by atoms with E-state index in [4.69, 9.17) is 4.74 Å². The van der Waals surface area contributed by atoms with Gasteiger partial charge in [0.25, 0.3) is 0 Å². The molecule has 4 heteroatoms. The van der Waals surface area contributed by atoms with E-state index in [0.29, 0.717) is 18.1 Å². The van der Waals surface area contributed by atoms with Gasteiger partial charge in [-0.25, -0.2) is 4.98 Å². The molecule has 1 saturated heterocycles. The SMILES string of the molecule is CCCNC(Cc1nccn1CCC)C1CCOC1C. The van der Waals surface area contributed by atoms with Crippen molar-refractivity contribution in [1.29, 1.82) is 0 Å². The van der Waals surface area contributed by atoms with Crippen molar-refractivity contribution in [2.45, 2.75) is 65.1 Å². The number of aromatic nitrogens is 2. The van der Waals surface area contributed by atoms with Crippen LogP contribution in [-0.2, 0) is 17.7 Å². The summed E-state index contributed by atoms with van der Waals surface area (Å²) in [6.07, 6.45) is 8.88. The fourth-order valence-electron chi connectivity index (χ4n) is 3.15. The molecule has 0 aliphatic carbocycles. The van der Waals surface area contributed by atoms with E-state index in [0.717, 1.165) is 39.0 Å². The normalized spacial score (nSPS) is 24.1. The lowest BCUT2D eigenvalue weighted by molar-refractivity contribution is 0.0950. The maximum absolute atomic E-state index is 5.76. The molecule has 1 aliphatic heterocycles. The van der Waals surface area contributed by atoms with Gasteiger partial charge in [-0.3, -0.25) is 0 Å². The molecule has 4 nitrogen and oxygen atoms in total. The van der Waals surface area contributed by atoms with Crippen LogP contribution in [0.15, 0.2) is 12.4 Å². The van der Waals surface area contributed by atoms with Gasteiger partial charge in [0, 0.05) is 43.9 Å². The third kappa shape index (κ3) is 3.83. The first-order valence-electron chi connectivity index (χ1n) is 8.11. The molecule has 0 bridgehead atoms. The standard InChI is InChI=1S/C16H29N3O/c1-4-7-17-15(14-6-11-20-13(14)3)12-16-18-8-10-19(16)9-5-2/h8,10,13-15,17H,4-7,9,11-12H2,1-3H3. The second-order valence-corrected chi connectivity index (χ2v) is 5.83. The summed E-state index contributed by atoms with van der Waals surface area (Å²) in [5.41, 5.74) is 0. The third-order valence-electron chi connectivity index (χ3n) is 4.28. The zero-order chi connectivity index (χ0) is 14.4. The molecule has 2 rings (SSSR count). The van der Waals surface area contributed by atoms with E-state index in [-0.39, 0.29) is 0 Å². The Kier molecular flexibility index (Phi) is 6.05. The fourth-order valence-corrected chi connectivity index (χ4v) is 3.15. The van der Waals surface area contributed by atoms with E-state index in [1.165, 1.54) is 12.2 Å². The van der Waals surface area contributed by atoms with E-state index in [2.05, 4.69) is 41.8 Å². The molecular formula is C16H29N3O. The van der Waals surface area contributed by atoms with Crippen LogP contribution in [0.25, 0.3) is 0 Å². The Hall–Kier alpha value is -0.870. The molecule has 0 spiro atoms. The number of ether oxygens (including phenoxy) is 1. The lowest BCUT2D eigenvalue weighted by atomic mass is 9.90. The summed E-state index contributed by atoms with van der Waals surface area (Å²) in [4.78, 5) is 4.56. The maximum atomic E-state index is 5.76. The minimum atomic E-state index is 0.360. The van der Waals surface area contributed by atoms with Gasteiger partial charge in [0.1, 0.15) is 5.82 Å². The largest absolute Gasteiger partial charge is 0.378 e. The van der Waals surface area contributed by atoms with Crippen molar-refractivity contribution in [3.63, 3.8) is 0 Å². The quantitative estimate of drug-likeness (QED) is 0.795. The van der Waals surface area contributed by atoms with E-state index >= 15 is 0 Å². The Bertz CT molecular complexity index is 391. The zero-order valence-electron chi connectivity index (χ0n) is 13.1. The van der Waals surface area contributed by atoms with Gasteiger partial charge in [0.15, 0.2) is 0 Å². The highest BCUT2D eigenvalue weighted by atomic mass is 16.5. The zero-order valence-corrected chi connectivity index (χ0v) is 13.1. The van der Waals surface area contributed by atoms with Crippen molar-refractivity contribution < 1.29 is 4.74 Å². The number of hydrogen-bond donors (Lipinski definition) is 1. The predicted molar refractivity (Wildman–Crippen MR) is 81.8 cm³/mol. The van der Waals surface area contributed by atoms with Crippen molar-refractivity contribution >= 4 is 0 Å². The van der Waals surface area contributed by atoms with Crippen LogP contribution in [0.3, 0.4) is 0 Å². The van der Waals surface area contributed by atoms with Crippen molar-refractivity contribution in [2.24, 2.45) is 5.92 Å². The Morgan fingerprint density at radius 3 is 2.95 bits per heavy atom. The first kappa shape index (κ1) is 15.5. The Balaban J connectivity index is 2.04. The molecule has 1 aliphatic rings. The minimum Gasteiger partial charge on any atom is -0.378 e. The molecule has 3 unspecified atom stereocenters. The first-order chi connectivity index (χ1) is 9.76. The van der Waals surface area contributed by atoms with Crippen LogP contribution in [0.4, 0.5) is 0 Å². The van der Waals surface area contributed by atoms with Crippen LogP contribution in [0, 0.1) is 5.92 Å². The van der Waals surface area contributed by atoms with Gasteiger partial charge in [-0.2, -0.15) is 0 Å². The third-order valence-corrected chi connectivity index (χ3v) is 4.28. The van der Waals surface area contributed by atoms with Crippen molar-refractivity contribution in [1.82, 2.24) is 14.9 Å². The molecule has 1 aromatic heterocycles. The molecule has 2 heterocycles. The molecule has 3 atom stereocenters. The Morgan fingerprint density at radius 2 is 2.30 bits per heavy atom. The summed E-state index contributed by atoms with van der Waals surface area (Å²) in [6, 6.07) is 0.477. The van der Waals surface area contributed by atoms with E-state index in [1.807, 2.05) is 6.20 Å². The fraction of sp³-hybridized carbons (Fsp3) is 0.812. The molecule has 0 saturated carbocycles. The van der Waals surface area contributed by atoms with Crippen LogP contribution in [0.1, 0.15) is 45.9 Å². The number of nitrogens with one attached hydrogen (secondary N) is 1. The first-order valence-corrected chi connectivity index (χ1v) is 8.11. The number of nitrogens with zero attached hydrogens (tertiary/aromatic N) is 2. The number of aryl methyl sites for hydroxylation is 1. The minimum absolute atomic E-state index is 0.360. The predicted octanol–water partition coefficient (Wildman–Crippen LogP) is 2.63. The van der Waals surface area contributed by atoms with Crippen molar-refractivity contribution in [2.75, 3.05) is 13.2 Å². The second kappa shape index (κ2) is 7.79. The molecule has 1 aromatic rings. The summed E-state index contributed by atoms with van der Waals surface area (Å²) >= 11 is 0. The van der Waals surface area contributed by atoms with Gasteiger partial charge in [-0.05, 0) is 32.7 Å². The van der Waals surface area contributed by atoms with E-state index in [1.54, 1.807) is 0 Å². The summed E-state index contributed by atoms with van der Waals surface area (Å²) in [7, 11) is 0. The molecule has 20 heavy (non-hydrogen) atoms. The van der Waals surface area contributed by atoms with Crippen LogP contribution in [-0.4, -0.2) is 34.8 Å². The molecule has 114 valence electrons. The molecular weight excluding hydrogens is 250 g/mol. The van der Waals surface area contributed by atoms with Crippen LogP contribution < -0.4 is 5.32 Å². The lowest BCUT2D eigenvalue weighted by Gasteiger charge is -2.27. The van der Waals surface area contributed by atoms with Gasteiger partial charge in [0.05, 0.1) is 6.10 Å². The second-order valence-electron chi connectivity index (χ2n) is 5.83. The molecule has 1 fully saturated rings. The van der Waals surface area contributed by atoms with Crippen molar-refractivity contribution in [3.8, 4) is 0 Å². The van der Waals surface area contributed by atoms with Crippen LogP contribution in [0.5, 0.6) is 0 Å². The maximum Gasteiger partial charge on any atom is 0.110 e. The van der Waals surface area contributed by atoms with Gasteiger partial charge in [-0.15, -0.1) is 0 Å². The average molecular weight is 279 g/mol. The lowest BCUT2D eigenvalue weighted by Crippen LogP contribution is -2.41. The van der Waals surface area contributed by atoms with Crippen LogP contribution >= 0.6 is 0 Å². The highest BCUT2D eigenvalue weighted by Gasteiger charge is 2.32. The summed E-state index contributed by atoms with van der Waals surface area (Å²) in [5, 5.41) is 3.72. The van der Waals surface area contributed by atoms with Crippen LogP contribution in [0.2, 0.25) is 0 Å². The number of rotatable bonds is 8. The Morgan fingerprint density at radius 1 is 1.45 bits per heavy atom. The highest BCUT2D eigenvalue weighted by Crippen LogP contribution is 2.25. The summed E-state index contributed by atoms with van der Waals surface area (Å²) in [6.45, 7) is 9.67. The smallest absolute Gasteiger partial charge is 0.110 e. The number of hydrogen-bond acceptors (Lipinski definition) is 3. The molecule has 1 N–H and O–H groups in total. The summed E-state index contributed by atoms with van der Waals surface area (Å²) < 4.78 is 8.05. The van der Waals surface area contributed by atoms with Gasteiger partial charge in [-0.1, -0.05) is 13.8 Å². The van der Waals surface area contributed by atoms with Crippen molar-refractivity contribution in [3.05, 3.63) is 18.2 Å². The monoisotopic (exact) mass is 279 g/mol. The molecule has 0 amide bonds. The summed E-state index contributed by atoms with van der Waals surface area (Å²) in [5.74, 6) is 1.81. The van der Waals surface area contributed by atoms with E-state index in [9.17, 15) is 0 Å².